The quantitative estimate of drug-likeness (QED) is 0.657. The van der Waals surface area contributed by atoms with Crippen molar-refractivity contribution in [3.05, 3.63) is 72.2 Å². The Labute approximate surface area is 175 Å². The Balaban J connectivity index is 1.42. The number of imidazole rings is 1. The van der Waals surface area contributed by atoms with Crippen LogP contribution in [0, 0.1) is 5.82 Å². The van der Waals surface area contributed by atoms with Crippen molar-refractivity contribution >= 4 is 5.91 Å². The zero-order chi connectivity index (χ0) is 20.7. The Morgan fingerprint density at radius 1 is 1.00 bits per heavy atom. The fourth-order valence-corrected chi connectivity index (χ4v) is 4.82. The van der Waals surface area contributed by atoms with Gasteiger partial charge in [0.05, 0.1) is 17.4 Å². The van der Waals surface area contributed by atoms with E-state index in [1.165, 1.54) is 12.1 Å². The number of fused-ring (bicyclic) bond motifs is 2. The Hall–Kier alpha value is -3.06. The van der Waals surface area contributed by atoms with Crippen molar-refractivity contribution in [3.8, 4) is 11.3 Å². The molecule has 1 spiro atoms. The first kappa shape index (κ1) is 18.9. The largest absolute Gasteiger partial charge is 0.338 e. The van der Waals surface area contributed by atoms with Crippen LogP contribution in [0.1, 0.15) is 29.0 Å². The summed E-state index contributed by atoms with van der Waals surface area (Å²) in [4.78, 5) is 26.0. The van der Waals surface area contributed by atoms with Crippen LogP contribution in [0.3, 0.4) is 0 Å². The van der Waals surface area contributed by atoms with E-state index in [4.69, 9.17) is 4.98 Å². The van der Waals surface area contributed by atoms with Gasteiger partial charge in [0.25, 0.3) is 5.91 Å². The lowest BCUT2D eigenvalue weighted by Gasteiger charge is -2.49. The monoisotopic (exact) mass is 405 g/mol. The second-order valence-corrected chi connectivity index (χ2v) is 8.11. The van der Waals surface area contributed by atoms with Crippen molar-refractivity contribution in [3.63, 3.8) is 0 Å². The lowest BCUT2D eigenvalue weighted by molar-refractivity contribution is 0.0101. The molecule has 4 heterocycles. The summed E-state index contributed by atoms with van der Waals surface area (Å²) in [6.45, 7) is 3.13. The number of benzene rings is 1. The molecular weight excluding hydrogens is 381 g/mol. The maximum absolute atomic E-state index is 13.4. The fourth-order valence-electron chi connectivity index (χ4n) is 4.82. The number of rotatable bonds is 2. The summed E-state index contributed by atoms with van der Waals surface area (Å²) in [6, 6.07) is 10.1. The molecule has 154 valence electrons. The van der Waals surface area contributed by atoms with Crippen molar-refractivity contribution in [2.24, 2.45) is 0 Å². The van der Waals surface area contributed by atoms with Gasteiger partial charge in [-0.2, -0.15) is 0 Å². The number of likely N-dealkylation sites (N-methyl/N-ethyl adjacent to an activating group) is 1. The van der Waals surface area contributed by atoms with Gasteiger partial charge in [-0.15, -0.1) is 0 Å². The molecule has 0 aliphatic carbocycles. The van der Waals surface area contributed by atoms with E-state index in [2.05, 4.69) is 21.5 Å². The van der Waals surface area contributed by atoms with Crippen molar-refractivity contribution in [2.45, 2.75) is 24.9 Å². The minimum absolute atomic E-state index is 0.0565. The summed E-state index contributed by atoms with van der Waals surface area (Å²) in [5, 5.41) is 0. The van der Waals surface area contributed by atoms with Gasteiger partial charge in [0.1, 0.15) is 11.6 Å². The molecule has 6 nitrogen and oxygen atoms in total. The first-order chi connectivity index (χ1) is 14.6. The number of carbonyl (C=O) groups is 1. The highest BCUT2D eigenvalue weighted by atomic mass is 19.1. The minimum atomic E-state index is -0.237. The van der Waals surface area contributed by atoms with E-state index in [0.717, 1.165) is 43.0 Å². The first-order valence-electron chi connectivity index (χ1n) is 10.3. The van der Waals surface area contributed by atoms with Gasteiger partial charge in [-0.1, -0.05) is 0 Å². The van der Waals surface area contributed by atoms with Crippen LogP contribution < -0.4 is 0 Å². The standard InChI is InChI=1S/C23H24FN5O/c1-27-14-15-29-20(17-2-4-19(24)5-3-17)16-26-22(29)23(27)8-12-28(13-9-23)21(30)18-6-10-25-11-7-18/h2-7,10-11,16H,8-9,12-15H2,1H3. The molecule has 0 atom stereocenters. The van der Waals surface area contributed by atoms with Crippen molar-refractivity contribution in [2.75, 3.05) is 26.7 Å². The number of hydrogen-bond acceptors (Lipinski definition) is 4. The molecule has 0 unspecified atom stereocenters. The second kappa shape index (κ2) is 7.32. The van der Waals surface area contributed by atoms with Gasteiger partial charge in [0, 0.05) is 44.1 Å². The van der Waals surface area contributed by atoms with Crippen LogP contribution in [-0.2, 0) is 12.1 Å². The Morgan fingerprint density at radius 2 is 1.70 bits per heavy atom. The van der Waals surface area contributed by atoms with E-state index in [1.807, 2.05) is 11.1 Å². The predicted molar refractivity (Wildman–Crippen MR) is 111 cm³/mol. The maximum atomic E-state index is 13.4. The highest BCUT2D eigenvalue weighted by Crippen LogP contribution is 2.41. The van der Waals surface area contributed by atoms with E-state index in [-0.39, 0.29) is 17.3 Å². The van der Waals surface area contributed by atoms with Crippen LogP contribution in [0.15, 0.2) is 55.0 Å². The van der Waals surface area contributed by atoms with Crippen molar-refractivity contribution in [1.82, 2.24) is 24.3 Å². The Morgan fingerprint density at radius 3 is 2.40 bits per heavy atom. The first-order valence-corrected chi connectivity index (χ1v) is 10.3. The summed E-state index contributed by atoms with van der Waals surface area (Å²) >= 11 is 0. The molecule has 7 heteroatoms. The molecule has 2 aromatic heterocycles. The molecule has 30 heavy (non-hydrogen) atoms. The highest BCUT2D eigenvalue weighted by molar-refractivity contribution is 5.94. The van der Waals surface area contributed by atoms with Gasteiger partial charge in [0.15, 0.2) is 0 Å². The number of hydrogen-bond donors (Lipinski definition) is 0. The average Bonchev–Trinajstić information content (AvgIpc) is 3.23. The fraction of sp³-hybridized carbons (Fsp3) is 0.348. The molecule has 1 fully saturated rings. The van der Waals surface area contributed by atoms with Crippen LogP contribution in [0.4, 0.5) is 4.39 Å². The van der Waals surface area contributed by atoms with Gasteiger partial charge >= 0.3 is 0 Å². The number of piperidine rings is 1. The number of pyridine rings is 1. The smallest absolute Gasteiger partial charge is 0.253 e. The number of carbonyl (C=O) groups excluding carboxylic acids is 1. The van der Waals surface area contributed by atoms with Gasteiger partial charge in [-0.05, 0) is 61.9 Å². The van der Waals surface area contributed by atoms with Crippen molar-refractivity contribution < 1.29 is 9.18 Å². The molecule has 1 saturated heterocycles. The van der Waals surface area contributed by atoms with E-state index >= 15 is 0 Å². The number of halogens is 1. The molecule has 2 aliphatic heterocycles. The average molecular weight is 405 g/mol. The molecule has 0 N–H and O–H groups in total. The van der Waals surface area contributed by atoms with Crippen LogP contribution in [0.5, 0.6) is 0 Å². The molecule has 5 rings (SSSR count). The SMILES string of the molecule is CN1CCn2c(-c3ccc(F)cc3)cnc2C12CCN(C(=O)c1ccncc1)CC2. The minimum Gasteiger partial charge on any atom is -0.338 e. The van der Waals surface area contributed by atoms with Crippen LogP contribution in [0.25, 0.3) is 11.3 Å². The molecule has 3 aromatic rings. The van der Waals surface area contributed by atoms with Gasteiger partial charge in [-0.25, -0.2) is 9.37 Å². The lowest BCUT2D eigenvalue weighted by Crippen LogP contribution is -2.57. The number of aromatic nitrogens is 3. The third-order valence-electron chi connectivity index (χ3n) is 6.61. The maximum Gasteiger partial charge on any atom is 0.253 e. The molecule has 1 amide bonds. The third kappa shape index (κ3) is 3.01. The van der Waals surface area contributed by atoms with Gasteiger partial charge in [0.2, 0.25) is 0 Å². The molecule has 0 saturated carbocycles. The van der Waals surface area contributed by atoms with E-state index < -0.39 is 0 Å². The van der Waals surface area contributed by atoms with E-state index in [0.29, 0.717) is 18.7 Å². The molecular formula is C23H24FN5O. The number of nitrogens with zero attached hydrogens (tertiary/aromatic N) is 5. The topological polar surface area (TPSA) is 54.3 Å². The number of likely N-dealkylation sites (tertiary alicyclic amines) is 1. The summed E-state index contributed by atoms with van der Waals surface area (Å²) < 4.78 is 15.6. The van der Waals surface area contributed by atoms with Gasteiger partial charge in [-0.3, -0.25) is 14.7 Å². The van der Waals surface area contributed by atoms with E-state index in [1.54, 1.807) is 36.7 Å². The Kier molecular flexibility index (Phi) is 4.62. The third-order valence-corrected chi connectivity index (χ3v) is 6.61. The molecule has 0 bridgehead atoms. The second-order valence-electron chi connectivity index (χ2n) is 8.11. The van der Waals surface area contributed by atoms with Gasteiger partial charge < -0.3 is 9.47 Å². The molecule has 1 aromatic carbocycles. The zero-order valence-corrected chi connectivity index (χ0v) is 17.0. The number of amides is 1. The zero-order valence-electron chi connectivity index (χ0n) is 17.0. The lowest BCUT2D eigenvalue weighted by atomic mass is 9.83. The summed E-state index contributed by atoms with van der Waals surface area (Å²) in [7, 11) is 2.15. The van der Waals surface area contributed by atoms with Crippen LogP contribution in [-0.4, -0.2) is 56.9 Å². The normalized spacial score (nSPS) is 18.4. The van der Waals surface area contributed by atoms with Crippen LogP contribution >= 0.6 is 0 Å². The van der Waals surface area contributed by atoms with Crippen molar-refractivity contribution in [1.29, 1.82) is 0 Å². The molecule has 2 aliphatic rings. The summed E-state index contributed by atoms with van der Waals surface area (Å²) in [6.07, 6.45) is 6.88. The Bertz CT molecular complexity index is 1050. The molecule has 0 radical (unpaired) electrons. The van der Waals surface area contributed by atoms with Crippen LogP contribution in [0.2, 0.25) is 0 Å². The highest BCUT2D eigenvalue weighted by Gasteiger charge is 2.46. The predicted octanol–water partition coefficient (Wildman–Crippen LogP) is 3.16. The van der Waals surface area contributed by atoms with E-state index in [9.17, 15) is 9.18 Å². The summed E-state index contributed by atoms with van der Waals surface area (Å²) in [5.41, 5.74) is 2.48. The summed E-state index contributed by atoms with van der Waals surface area (Å²) in [5.74, 6) is 0.868.